The largest absolute Gasteiger partial charge is 0.494 e. The molecule has 9 heteroatoms. The van der Waals surface area contributed by atoms with Crippen LogP contribution in [0.25, 0.3) is 0 Å². The number of aromatic nitrogens is 1. The van der Waals surface area contributed by atoms with Crippen LogP contribution in [0.15, 0.2) is 41.3 Å². The van der Waals surface area contributed by atoms with Crippen molar-refractivity contribution >= 4 is 5.91 Å². The van der Waals surface area contributed by atoms with Crippen molar-refractivity contribution < 1.29 is 27.1 Å². The number of carbonyl (C=O) groups is 1. The molecule has 0 bridgehead atoms. The summed E-state index contributed by atoms with van der Waals surface area (Å²) < 4.78 is 57.3. The van der Waals surface area contributed by atoms with Gasteiger partial charge in [-0.25, -0.2) is 4.39 Å². The number of likely N-dealkylation sites (N-methyl/N-ethyl adjacent to an activating group) is 1. The van der Waals surface area contributed by atoms with Gasteiger partial charge in [-0.3, -0.25) is 9.59 Å². The highest BCUT2D eigenvalue weighted by molar-refractivity contribution is 5.75. The lowest BCUT2D eigenvalue weighted by Gasteiger charge is -2.19. The number of amides is 1. The van der Waals surface area contributed by atoms with Gasteiger partial charge in [0, 0.05) is 25.9 Å². The number of hydrogen-bond donors (Lipinski definition) is 0. The third kappa shape index (κ3) is 4.62. The summed E-state index contributed by atoms with van der Waals surface area (Å²) in [5.41, 5.74) is -1.28. The van der Waals surface area contributed by atoms with Crippen molar-refractivity contribution in [2.75, 3.05) is 14.2 Å². The quantitative estimate of drug-likeness (QED) is 0.759. The number of hydrogen-bond acceptors (Lipinski definition) is 3. The van der Waals surface area contributed by atoms with E-state index in [9.17, 15) is 27.2 Å². The monoisotopic (exact) mass is 372 g/mol. The highest BCUT2D eigenvalue weighted by Gasteiger charge is 2.31. The number of alkyl halides is 3. The standard InChI is InChI=1S/C17H16F4N2O3/c1-22(8-11-3-5-14(26-2)13(18)7-11)16(25)10-23-9-12(17(19,20)21)4-6-15(23)24/h3-7,9H,8,10H2,1-2H3. The first-order chi connectivity index (χ1) is 12.1. The maximum absolute atomic E-state index is 13.7. The molecular formula is C17H16F4N2O3. The molecule has 0 N–H and O–H groups in total. The second-order valence-corrected chi connectivity index (χ2v) is 5.60. The van der Waals surface area contributed by atoms with Crippen molar-refractivity contribution in [2.24, 2.45) is 0 Å². The second kappa shape index (κ2) is 7.59. The minimum atomic E-state index is -4.62. The number of carbonyl (C=O) groups excluding carboxylic acids is 1. The number of nitrogens with zero attached hydrogens (tertiary/aromatic N) is 2. The molecule has 0 saturated carbocycles. The van der Waals surface area contributed by atoms with E-state index in [1.165, 1.54) is 31.2 Å². The molecule has 0 spiro atoms. The SMILES string of the molecule is COc1ccc(CN(C)C(=O)Cn2cc(C(F)(F)F)ccc2=O)cc1F. The van der Waals surface area contributed by atoms with Gasteiger partial charge < -0.3 is 14.2 Å². The van der Waals surface area contributed by atoms with Crippen molar-refractivity contribution in [3.63, 3.8) is 0 Å². The molecule has 0 aliphatic rings. The smallest absolute Gasteiger partial charge is 0.417 e. The van der Waals surface area contributed by atoms with Gasteiger partial charge in [-0.05, 0) is 23.8 Å². The van der Waals surface area contributed by atoms with Gasteiger partial charge >= 0.3 is 6.18 Å². The average Bonchev–Trinajstić information content (AvgIpc) is 2.55. The minimum absolute atomic E-state index is 0.0213. The summed E-state index contributed by atoms with van der Waals surface area (Å²) in [4.78, 5) is 25.1. The molecular weight excluding hydrogens is 356 g/mol. The molecule has 0 unspecified atom stereocenters. The normalized spacial score (nSPS) is 11.3. The first-order valence-corrected chi connectivity index (χ1v) is 7.46. The van der Waals surface area contributed by atoms with E-state index in [4.69, 9.17) is 4.74 Å². The second-order valence-electron chi connectivity index (χ2n) is 5.60. The summed E-state index contributed by atoms with van der Waals surface area (Å²) >= 11 is 0. The Morgan fingerprint density at radius 3 is 2.50 bits per heavy atom. The van der Waals surface area contributed by atoms with E-state index < -0.39 is 35.6 Å². The molecule has 0 fully saturated rings. The zero-order valence-corrected chi connectivity index (χ0v) is 14.0. The van der Waals surface area contributed by atoms with Crippen LogP contribution in [0.4, 0.5) is 17.6 Å². The van der Waals surface area contributed by atoms with Crippen LogP contribution in [0.2, 0.25) is 0 Å². The van der Waals surface area contributed by atoms with Crippen LogP contribution in [0.5, 0.6) is 5.75 Å². The number of rotatable bonds is 5. The van der Waals surface area contributed by atoms with Crippen molar-refractivity contribution in [2.45, 2.75) is 19.3 Å². The van der Waals surface area contributed by atoms with E-state index in [0.29, 0.717) is 22.4 Å². The van der Waals surface area contributed by atoms with Crippen molar-refractivity contribution in [1.82, 2.24) is 9.47 Å². The van der Waals surface area contributed by atoms with Gasteiger partial charge in [0.25, 0.3) is 5.56 Å². The first kappa shape index (κ1) is 19.5. The van der Waals surface area contributed by atoms with E-state index in [1.807, 2.05) is 0 Å². The summed E-state index contributed by atoms with van der Waals surface area (Å²) in [5, 5.41) is 0. The Bertz CT molecular complexity index is 862. The third-order valence-corrected chi connectivity index (χ3v) is 3.68. The molecule has 140 valence electrons. The summed E-state index contributed by atoms with van der Waals surface area (Å²) in [5.74, 6) is -1.14. The molecule has 2 rings (SSSR count). The van der Waals surface area contributed by atoms with Crippen LogP contribution in [0, 0.1) is 5.82 Å². The van der Waals surface area contributed by atoms with Crippen LogP contribution in [-0.2, 0) is 24.1 Å². The molecule has 2 aromatic rings. The van der Waals surface area contributed by atoms with Crippen LogP contribution >= 0.6 is 0 Å². The molecule has 5 nitrogen and oxygen atoms in total. The Hall–Kier alpha value is -2.84. The summed E-state index contributed by atoms with van der Waals surface area (Å²) in [7, 11) is 2.73. The highest BCUT2D eigenvalue weighted by Crippen LogP contribution is 2.28. The summed E-state index contributed by atoms with van der Waals surface area (Å²) in [6.45, 7) is -0.536. The van der Waals surface area contributed by atoms with Crippen molar-refractivity contribution in [3.8, 4) is 5.75 Å². The fourth-order valence-corrected chi connectivity index (χ4v) is 2.26. The van der Waals surface area contributed by atoms with Crippen LogP contribution in [0.3, 0.4) is 0 Å². The summed E-state index contributed by atoms with van der Waals surface area (Å²) in [6, 6.07) is 5.57. The lowest BCUT2D eigenvalue weighted by atomic mass is 10.2. The lowest BCUT2D eigenvalue weighted by molar-refractivity contribution is -0.138. The van der Waals surface area contributed by atoms with Gasteiger partial charge in [0.15, 0.2) is 11.6 Å². The Labute approximate surface area is 146 Å². The molecule has 0 aliphatic carbocycles. The van der Waals surface area contributed by atoms with Crippen molar-refractivity contribution in [1.29, 1.82) is 0 Å². The zero-order chi connectivity index (χ0) is 19.5. The van der Waals surface area contributed by atoms with Crippen LogP contribution < -0.4 is 10.3 Å². The fraction of sp³-hybridized carbons (Fsp3) is 0.294. The third-order valence-electron chi connectivity index (χ3n) is 3.68. The molecule has 1 amide bonds. The Balaban J connectivity index is 2.12. The van der Waals surface area contributed by atoms with Gasteiger partial charge in [0.1, 0.15) is 6.54 Å². The molecule has 1 aromatic carbocycles. The predicted octanol–water partition coefficient (Wildman–Crippen LogP) is 2.67. The van der Waals surface area contributed by atoms with E-state index in [-0.39, 0.29) is 12.3 Å². The number of pyridine rings is 1. The zero-order valence-electron chi connectivity index (χ0n) is 14.0. The Morgan fingerprint density at radius 1 is 1.23 bits per heavy atom. The van der Waals surface area contributed by atoms with Crippen LogP contribution in [0.1, 0.15) is 11.1 Å². The molecule has 1 heterocycles. The highest BCUT2D eigenvalue weighted by atomic mass is 19.4. The van der Waals surface area contributed by atoms with Gasteiger partial charge in [-0.2, -0.15) is 13.2 Å². The predicted molar refractivity (Wildman–Crippen MR) is 85.1 cm³/mol. The van der Waals surface area contributed by atoms with E-state index in [0.717, 1.165) is 6.07 Å². The van der Waals surface area contributed by atoms with Gasteiger partial charge in [0.05, 0.1) is 12.7 Å². The maximum atomic E-state index is 13.7. The first-order valence-electron chi connectivity index (χ1n) is 7.46. The van der Waals surface area contributed by atoms with Gasteiger partial charge in [0.2, 0.25) is 5.91 Å². The Morgan fingerprint density at radius 2 is 1.92 bits per heavy atom. The van der Waals surface area contributed by atoms with Gasteiger partial charge in [-0.1, -0.05) is 6.07 Å². The molecule has 0 radical (unpaired) electrons. The average molecular weight is 372 g/mol. The van der Waals surface area contributed by atoms with Crippen LogP contribution in [-0.4, -0.2) is 29.5 Å². The van der Waals surface area contributed by atoms with E-state index >= 15 is 0 Å². The fourth-order valence-electron chi connectivity index (χ4n) is 2.26. The minimum Gasteiger partial charge on any atom is -0.494 e. The van der Waals surface area contributed by atoms with E-state index in [1.54, 1.807) is 6.07 Å². The molecule has 1 aromatic heterocycles. The van der Waals surface area contributed by atoms with Gasteiger partial charge in [-0.15, -0.1) is 0 Å². The number of methoxy groups -OCH3 is 1. The van der Waals surface area contributed by atoms with E-state index in [2.05, 4.69) is 0 Å². The molecule has 0 atom stereocenters. The van der Waals surface area contributed by atoms with Crippen molar-refractivity contribution in [3.05, 3.63) is 63.8 Å². The molecule has 26 heavy (non-hydrogen) atoms. The lowest BCUT2D eigenvalue weighted by Crippen LogP contribution is -2.33. The number of ether oxygens (including phenoxy) is 1. The maximum Gasteiger partial charge on any atom is 0.417 e. The Kier molecular flexibility index (Phi) is 5.69. The molecule has 0 saturated heterocycles. The topological polar surface area (TPSA) is 51.5 Å². The molecule has 0 aliphatic heterocycles. The summed E-state index contributed by atoms with van der Waals surface area (Å²) in [6.07, 6.45) is -4.02. The number of halogens is 4. The number of benzene rings is 1.